The van der Waals surface area contributed by atoms with Crippen LogP contribution in [0.3, 0.4) is 0 Å². The van der Waals surface area contributed by atoms with E-state index in [0.717, 1.165) is 6.42 Å². The van der Waals surface area contributed by atoms with Gasteiger partial charge in [-0.25, -0.2) is 0 Å². The fourth-order valence-electron chi connectivity index (χ4n) is 2.43. The van der Waals surface area contributed by atoms with Crippen LogP contribution >= 0.6 is 0 Å². The van der Waals surface area contributed by atoms with E-state index in [9.17, 15) is 0 Å². The Labute approximate surface area is 98.4 Å². The summed E-state index contributed by atoms with van der Waals surface area (Å²) in [6.45, 7) is 9.17. The Hall–Kier alpha value is -0.830. The number of aromatic nitrogens is 2. The zero-order valence-electron chi connectivity index (χ0n) is 10.7. The lowest BCUT2D eigenvalue weighted by Gasteiger charge is -2.34. The van der Waals surface area contributed by atoms with Gasteiger partial charge >= 0.3 is 0 Å². The van der Waals surface area contributed by atoms with Crippen molar-refractivity contribution in [1.82, 2.24) is 14.7 Å². The van der Waals surface area contributed by atoms with Crippen molar-refractivity contribution in [3.05, 3.63) is 18.0 Å². The molecule has 0 aromatic carbocycles. The number of hydrogen-bond acceptors (Lipinski definition) is 2. The van der Waals surface area contributed by atoms with Crippen molar-refractivity contribution in [3.8, 4) is 0 Å². The number of piperidine rings is 1. The van der Waals surface area contributed by atoms with Gasteiger partial charge < -0.3 is 4.90 Å². The first-order chi connectivity index (χ1) is 7.70. The summed E-state index contributed by atoms with van der Waals surface area (Å²) in [5.74, 6) is 0. The summed E-state index contributed by atoms with van der Waals surface area (Å²) >= 11 is 0. The predicted molar refractivity (Wildman–Crippen MR) is 66.6 cm³/mol. The number of rotatable bonds is 3. The highest BCUT2D eigenvalue weighted by molar-refractivity contribution is 5.04. The van der Waals surface area contributed by atoms with Crippen LogP contribution in [0.2, 0.25) is 0 Å². The maximum Gasteiger partial charge on any atom is 0.0543 e. The van der Waals surface area contributed by atoms with Crippen LogP contribution in [0, 0.1) is 0 Å². The molecule has 90 valence electrons. The van der Waals surface area contributed by atoms with E-state index in [0.29, 0.717) is 12.1 Å². The predicted octanol–water partition coefficient (Wildman–Crippen LogP) is 2.49. The maximum atomic E-state index is 4.48. The van der Waals surface area contributed by atoms with E-state index in [-0.39, 0.29) is 0 Å². The summed E-state index contributed by atoms with van der Waals surface area (Å²) in [6.07, 6.45) is 7.79. The van der Waals surface area contributed by atoms with Gasteiger partial charge in [-0.2, -0.15) is 5.10 Å². The Morgan fingerprint density at radius 3 is 2.56 bits per heavy atom. The van der Waals surface area contributed by atoms with Crippen molar-refractivity contribution in [2.75, 3.05) is 13.1 Å². The van der Waals surface area contributed by atoms with Gasteiger partial charge in [0.1, 0.15) is 0 Å². The lowest BCUT2D eigenvalue weighted by Crippen LogP contribution is -2.39. The molecule has 0 saturated carbocycles. The van der Waals surface area contributed by atoms with Crippen molar-refractivity contribution in [2.45, 2.75) is 52.1 Å². The molecule has 0 bridgehead atoms. The van der Waals surface area contributed by atoms with Crippen LogP contribution < -0.4 is 0 Å². The fourth-order valence-corrected chi connectivity index (χ4v) is 2.43. The summed E-state index contributed by atoms with van der Waals surface area (Å²) in [7, 11) is 0. The third-order valence-electron chi connectivity index (χ3n) is 3.67. The minimum Gasteiger partial charge on any atom is -0.301 e. The first kappa shape index (κ1) is 11.6. The van der Waals surface area contributed by atoms with Crippen molar-refractivity contribution in [2.24, 2.45) is 0 Å². The van der Waals surface area contributed by atoms with Crippen molar-refractivity contribution in [1.29, 1.82) is 0 Å². The van der Waals surface area contributed by atoms with Crippen molar-refractivity contribution in [3.63, 3.8) is 0 Å². The van der Waals surface area contributed by atoms with Crippen LogP contribution in [-0.2, 0) is 6.42 Å². The third kappa shape index (κ3) is 2.46. The molecule has 3 heteroatoms. The summed E-state index contributed by atoms with van der Waals surface area (Å²) in [6, 6.07) is 1.31. The van der Waals surface area contributed by atoms with Gasteiger partial charge in [-0.3, -0.25) is 4.68 Å². The molecular weight excluding hydrogens is 198 g/mol. The molecule has 2 rings (SSSR count). The van der Waals surface area contributed by atoms with Gasteiger partial charge in [0, 0.05) is 25.3 Å². The average Bonchev–Trinajstić information content (AvgIpc) is 2.77. The highest BCUT2D eigenvalue weighted by Crippen LogP contribution is 2.23. The largest absolute Gasteiger partial charge is 0.301 e. The Balaban J connectivity index is 1.93. The van der Waals surface area contributed by atoms with Crippen molar-refractivity contribution >= 4 is 0 Å². The van der Waals surface area contributed by atoms with Gasteiger partial charge in [-0.05, 0) is 38.7 Å². The van der Waals surface area contributed by atoms with Gasteiger partial charge in [0.05, 0.1) is 12.2 Å². The average molecular weight is 221 g/mol. The SMILES string of the molecule is CCc1cnn(C2CCN(C(C)C)CC2)c1. The van der Waals surface area contributed by atoms with Crippen LogP contribution in [0.1, 0.15) is 45.2 Å². The molecule has 0 radical (unpaired) electrons. The van der Waals surface area contributed by atoms with E-state index < -0.39 is 0 Å². The standard InChI is InChI=1S/C13H23N3/c1-4-12-9-14-16(10-12)13-5-7-15(8-6-13)11(2)3/h9-11,13H,4-8H2,1-3H3. The molecule has 1 aromatic rings. The molecule has 2 heterocycles. The molecule has 1 aromatic heterocycles. The number of hydrogen-bond donors (Lipinski definition) is 0. The third-order valence-corrected chi connectivity index (χ3v) is 3.67. The van der Waals surface area contributed by atoms with Gasteiger partial charge in [0.2, 0.25) is 0 Å². The molecule has 0 N–H and O–H groups in total. The molecule has 1 saturated heterocycles. The molecule has 0 amide bonds. The summed E-state index contributed by atoms with van der Waals surface area (Å²) in [4.78, 5) is 2.56. The quantitative estimate of drug-likeness (QED) is 0.782. The first-order valence-corrected chi connectivity index (χ1v) is 6.47. The first-order valence-electron chi connectivity index (χ1n) is 6.47. The molecule has 3 nitrogen and oxygen atoms in total. The molecule has 0 atom stereocenters. The second-order valence-corrected chi connectivity index (χ2v) is 5.04. The summed E-state index contributed by atoms with van der Waals surface area (Å²) in [5.41, 5.74) is 1.35. The molecule has 16 heavy (non-hydrogen) atoms. The van der Waals surface area contributed by atoms with E-state index in [1.165, 1.54) is 31.5 Å². The Kier molecular flexibility index (Phi) is 3.64. The van der Waals surface area contributed by atoms with E-state index >= 15 is 0 Å². The van der Waals surface area contributed by atoms with Crippen LogP contribution in [0.25, 0.3) is 0 Å². The zero-order valence-corrected chi connectivity index (χ0v) is 10.7. The molecule has 0 aliphatic carbocycles. The van der Waals surface area contributed by atoms with Gasteiger partial charge in [0.25, 0.3) is 0 Å². The van der Waals surface area contributed by atoms with Crippen LogP contribution in [-0.4, -0.2) is 33.8 Å². The molecule has 1 aliphatic heterocycles. The van der Waals surface area contributed by atoms with Crippen LogP contribution in [0.15, 0.2) is 12.4 Å². The lowest BCUT2D eigenvalue weighted by atomic mass is 10.0. The summed E-state index contributed by atoms with van der Waals surface area (Å²) < 4.78 is 2.18. The van der Waals surface area contributed by atoms with Gasteiger partial charge in [0.15, 0.2) is 0 Å². The maximum absolute atomic E-state index is 4.48. The molecule has 0 unspecified atom stereocenters. The van der Waals surface area contributed by atoms with Crippen LogP contribution in [0.4, 0.5) is 0 Å². The van der Waals surface area contributed by atoms with E-state index in [2.05, 4.69) is 41.6 Å². The number of likely N-dealkylation sites (tertiary alicyclic amines) is 1. The molecule has 0 spiro atoms. The monoisotopic (exact) mass is 221 g/mol. The normalized spacial score (nSPS) is 19.5. The minimum atomic E-state index is 0.621. The second kappa shape index (κ2) is 5.00. The van der Waals surface area contributed by atoms with E-state index in [4.69, 9.17) is 0 Å². The molecule has 1 aliphatic rings. The second-order valence-electron chi connectivity index (χ2n) is 5.04. The topological polar surface area (TPSA) is 21.1 Å². The number of nitrogens with zero attached hydrogens (tertiary/aromatic N) is 3. The smallest absolute Gasteiger partial charge is 0.0543 e. The van der Waals surface area contributed by atoms with Crippen molar-refractivity contribution < 1.29 is 0 Å². The fraction of sp³-hybridized carbons (Fsp3) is 0.769. The Morgan fingerprint density at radius 2 is 2.06 bits per heavy atom. The lowest BCUT2D eigenvalue weighted by molar-refractivity contribution is 0.147. The number of aryl methyl sites for hydroxylation is 1. The van der Waals surface area contributed by atoms with Crippen LogP contribution in [0.5, 0.6) is 0 Å². The zero-order chi connectivity index (χ0) is 11.5. The van der Waals surface area contributed by atoms with Gasteiger partial charge in [-0.15, -0.1) is 0 Å². The minimum absolute atomic E-state index is 0.621. The highest BCUT2D eigenvalue weighted by atomic mass is 15.3. The Morgan fingerprint density at radius 1 is 1.38 bits per heavy atom. The van der Waals surface area contributed by atoms with E-state index in [1.807, 2.05) is 6.20 Å². The van der Waals surface area contributed by atoms with E-state index in [1.54, 1.807) is 0 Å². The Bertz CT molecular complexity index is 322. The highest BCUT2D eigenvalue weighted by Gasteiger charge is 2.22. The molecule has 1 fully saturated rings. The molecular formula is C13H23N3. The summed E-state index contributed by atoms with van der Waals surface area (Å²) in [5, 5.41) is 4.48. The van der Waals surface area contributed by atoms with Gasteiger partial charge in [-0.1, -0.05) is 6.92 Å².